The number of hydrogen-bond donors (Lipinski definition) is 1. The lowest BCUT2D eigenvalue weighted by Crippen LogP contribution is -2.46. The van der Waals surface area contributed by atoms with Gasteiger partial charge in [0.25, 0.3) is 0 Å². The summed E-state index contributed by atoms with van der Waals surface area (Å²) in [5.41, 5.74) is 1.71. The third-order valence-electron chi connectivity index (χ3n) is 4.57. The molecular formula is C17H27N. The summed E-state index contributed by atoms with van der Waals surface area (Å²) < 4.78 is 0. The zero-order valence-corrected chi connectivity index (χ0v) is 12.1. The van der Waals surface area contributed by atoms with Crippen LogP contribution in [0.4, 0.5) is 0 Å². The van der Waals surface area contributed by atoms with Crippen molar-refractivity contribution in [1.82, 2.24) is 5.32 Å². The standard InChI is InChI=1S/C17H27N/c1-4-18-17(16-10-6-5-7-11-16)12-8-9-15(13-17)14(2)3/h5-7,10-11,14-15,18H,4,8-9,12-13H2,1-3H3/t15-,17?/m1/s1. The summed E-state index contributed by atoms with van der Waals surface area (Å²) in [5.74, 6) is 1.66. The second-order valence-corrected chi connectivity index (χ2v) is 6.08. The van der Waals surface area contributed by atoms with Gasteiger partial charge in [0.2, 0.25) is 0 Å². The minimum Gasteiger partial charge on any atom is -0.308 e. The topological polar surface area (TPSA) is 12.0 Å². The molecule has 0 amide bonds. The molecule has 0 aromatic heterocycles. The molecule has 1 unspecified atom stereocenters. The minimum atomic E-state index is 0.225. The molecule has 2 atom stereocenters. The van der Waals surface area contributed by atoms with Crippen molar-refractivity contribution in [3.8, 4) is 0 Å². The first-order valence-electron chi connectivity index (χ1n) is 7.48. The Labute approximate surface area is 112 Å². The molecule has 1 fully saturated rings. The summed E-state index contributed by atoms with van der Waals surface area (Å²) in [6.07, 6.45) is 5.33. The van der Waals surface area contributed by atoms with Crippen molar-refractivity contribution in [1.29, 1.82) is 0 Å². The molecule has 1 aromatic rings. The zero-order valence-electron chi connectivity index (χ0n) is 12.1. The van der Waals surface area contributed by atoms with Crippen LogP contribution < -0.4 is 5.32 Å². The normalized spacial score (nSPS) is 28.6. The summed E-state index contributed by atoms with van der Waals surface area (Å²) >= 11 is 0. The van der Waals surface area contributed by atoms with E-state index in [-0.39, 0.29) is 5.54 Å². The second-order valence-electron chi connectivity index (χ2n) is 6.08. The van der Waals surface area contributed by atoms with E-state index in [1.54, 1.807) is 0 Å². The molecule has 1 heteroatoms. The van der Waals surface area contributed by atoms with E-state index in [2.05, 4.69) is 56.4 Å². The Balaban J connectivity index is 2.26. The fraction of sp³-hybridized carbons (Fsp3) is 0.647. The van der Waals surface area contributed by atoms with Crippen molar-refractivity contribution in [3.05, 3.63) is 35.9 Å². The fourth-order valence-electron chi connectivity index (χ4n) is 3.51. The van der Waals surface area contributed by atoms with Crippen molar-refractivity contribution in [2.45, 2.75) is 52.0 Å². The van der Waals surface area contributed by atoms with Crippen LogP contribution in [-0.4, -0.2) is 6.54 Å². The van der Waals surface area contributed by atoms with Gasteiger partial charge in [-0.15, -0.1) is 0 Å². The summed E-state index contributed by atoms with van der Waals surface area (Å²) in [7, 11) is 0. The maximum Gasteiger partial charge on any atom is 0.0437 e. The van der Waals surface area contributed by atoms with Gasteiger partial charge in [-0.25, -0.2) is 0 Å². The van der Waals surface area contributed by atoms with Gasteiger partial charge in [0.1, 0.15) is 0 Å². The molecule has 0 radical (unpaired) electrons. The summed E-state index contributed by atoms with van der Waals surface area (Å²) in [6.45, 7) is 8.03. The average molecular weight is 245 g/mol. The summed E-state index contributed by atoms with van der Waals surface area (Å²) in [4.78, 5) is 0. The highest BCUT2D eigenvalue weighted by Gasteiger charge is 2.37. The lowest BCUT2D eigenvalue weighted by molar-refractivity contribution is 0.149. The predicted molar refractivity (Wildman–Crippen MR) is 78.6 cm³/mol. The first-order valence-corrected chi connectivity index (χ1v) is 7.48. The van der Waals surface area contributed by atoms with Gasteiger partial charge in [0.15, 0.2) is 0 Å². The van der Waals surface area contributed by atoms with Gasteiger partial charge in [-0.2, -0.15) is 0 Å². The Hall–Kier alpha value is -0.820. The maximum atomic E-state index is 3.80. The van der Waals surface area contributed by atoms with E-state index in [1.807, 2.05) is 0 Å². The van der Waals surface area contributed by atoms with E-state index in [0.29, 0.717) is 0 Å². The first kappa shape index (κ1) is 13.6. The van der Waals surface area contributed by atoms with Crippen molar-refractivity contribution < 1.29 is 0 Å². The van der Waals surface area contributed by atoms with E-state index in [4.69, 9.17) is 0 Å². The summed E-state index contributed by atoms with van der Waals surface area (Å²) in [6, 6.07) is 11.1. The van der Waals surface area contributed by atoms with Gasteiger partial charge in [0, 0.05) is 5.54 Å². The van der Waals surface area contributed by atoms with Crippen molar-refractivity contribution in [3.63, 3.8) is 0 Å². The molecule has 100 valence electrons. The lowest BCUT2D eigenvalue weighted by Gasteiger charge is -2.43. The Bertz CT molecular complexity index is 353. The van der Waals surface area contributed by atoms with Crippen LogP contribution in [-0.2, 0) is 5.54 Å². The SMILES string of the molecule is CCNC1(c2ccccc2)CCC[C@@H](C(C)C)C1. The van der Waals surface area contributed by atoms with Crippen LogP contribution in [0.1, 0.15) is 52.0 Å². The molecule has 0 heterocycles. The molecule has 1 saturated carbocycles. The Morgan fingerprint density at radius 2 is 2.00 bits per heavy atom. The molecule has 1 N–H and O–H groups in total. The molecule has 2 rings (SSSR count). The quantitative estimate of drug-likeness (QED) is 0.832. The molecule has 0 saturated heterocycles. The molecule has 0 bridgehead atoms. The van der Waals surface area contributed by atoms with Crippen LogP contribution in [0, 0.1) is 11.8 Å². The molecule has 1 aliphatic carbocycles. The van der Waals surface area contributed by atoms with Gasteiger partial charge in [-0.1, -0.05) is 63.9 Å². The van der Waals surface area contributed by atoms with Crippen LogP contribution in [0.5, 0.6) is 0 Å². The highest BCUT2D eigenvalue weighted by atomic mass is 15.0. The highest BCUT2D eigenvalue weighted by molar-refractivity contribution is 5.25. The average Bonchev–Trinajstić information content (AvgIpc) is 2.40. The second kappa shape index (κ2) is 5.88. The fourth-order valence-corrected chi connectivity index (χ4v) is 3.51. The number of rotatable bonds is 4. The Morgan fingerprint density at radius 3 is 2.61 bits per heavy atom. The van der Waals surface area contributed by atoms with Gasteiger partial charge < -0.3 is 5.32 Å². The van der Waals surface area contributed by atoms with Crippen LogP contribution in [0.3, 0.4) is 0 Å². The number of benzene rings is 1. The van der Waals surface area contributed by atoms with E-state index < -0.39 is 0 Å². The van der Waals surface area contributed by atoms with Crippen molar-refractivity contribution in [2.24, 2.45) is 11.8 Å². The van der Waals surface area contributed by atoms with Gasteiger partial charge in [-0.3, -0.25) is 0 Å². The van der Waals surface area contributed by atoms with Gasteiger partial charge >= 0.3 is 0 Å². The number of hydrogen-bond acceptors (Lipinski definition) is 1. The molecule has 0 aliphatic heterocycles. The number of nitrogens with one attached hydrogen (secondary N) is 1. The molecular weight excluding hydrogens is 218 g/mol. The molecule has 0 spiro atoms. The van der Waals surface area contributed by atoms with Gasteiger partial charge in [0.05, 0.1) is 0 Å². The van der Waals surface area contributed by atoms with Crippen molar-refractivity contribution in [2.75, 3.05) is 6.54 Å². The van der Waals surface area contributed by atoms with Gasteiger partial charge in [-0.05, 0) is 36.8 Å². The maximum absolute atomic E-state index is 3.80. The van der Waals surface area contributed by atoms with E-state index in [1.165, 1.54) is 31.2 Å². The Kier molecular flexibility index (Phi) is 4.45. The zero-order chi connectivity index (χ0) is 13.0. The van der Waals surface area contributed by atoms with Crippen LogP contribution >= 0.6 is 0 Å². The minimum absolute atomic E-state index is 0.225. The monoisotopic (exact) mass is 245 g/mol. The Morgan fingerprint density at radius 1 is 1.28 bits per heavy atom. The molecule has 1 aromatic carbocycles. The lowest BCUT2D eigenvalue weighted by atomic mass is 9.69. The molecule has 1 nitrogen and oxygen atoms in total. The molecule has 18 heavy (non-hydrogen) atoms. The van der Waals surface area contributed by atoms with E-state index >= 15 is 0 Å². The van der Waals surface area contributed by atoms with Crippen molar-refractivity contribution >= 4 is 0 Å². The third kappa shape index (κ3) is 2.77. The van der Waals surface area contributed by atoms with Crippen LogP contribution in [0.25, 0.3) is 0 Å². The van der Waals surface area contributed by atoms with Crippen LogP contribution in [0.15, 0.2) is 30.3 Å². The van der Waals surface area contributed by atoms with E-state index in [0.717, 1.165) is 18.4 Å². The van der Waals surface area contributed by atoms with E-state index in [9.17, 15) is 0 Å². The predicted octanol–water partition coefficient (Wildman–Crippen LogP) is 4.34. The third-order valence-corrected chi connectivity index (χ3v) is 4.57. The smallest absolute Gasteiger partial charge is 0.0437 e. The highest BCUT2D eigenvalue weighted by Crippen LogP contribution is 2.42. The largest absolute Gasteiger partial charge is 0.308 e. The van der Waals surface area contributed by atoms with Crippen LogP contribution in [0.2, 0.25) is 0 Å². The molecule has 1 aliphatic rings. The summed E-state index contributed by atoms with van der Waals surface area (Å²) in [5, 5.41) is 3.80. The first-order chi connectivity index (χ1) is 8.68.